The Morgan fingerprint density at radius 3 is 2.21 bits per heavy atom. The van der Waals surface area contributed by atoms with Crippen LogP contribution in [0.3, 0.4) is 0 Å². The summed E-state index contributed by atoms with van der Waals surface area (Å²) in [6.45, 7) is 3.91. The second-order valence-corrected chi connectivity index (χ2v) is 7.68. The Morgan fingerprint density at radius 2 is 1.59 bits per heavy atom. The van der Waals surface area contributed by atoms with Crippen LogP contribution in [-0.4, -0.2) is 41.1 Å². The molecule has 0 aliphatic heterocycles. The van der Waals surface area contributed by atoms with E-state index in [1.807, 2.05) is 6.92 Å². The van der Waals surface area contributed by atoms with Gasteiger partial charge in [0.2, 0.25) is 5.75 Å². The molecule has 2 amide bonds. The molecule has 0 aromatic heterocycles. The number of benzene rings is 3. The number of ether oxygens (including phenoxy) is 3. The van der Waals surface area contributed by atoms with Crippen LogP contribution in [0.15, 0.2) is 65.8 Å². The summed E-state index contributed by atoms with van der Waals surface area (Å²) in [7, 11) is 1.34. The molecule has 2 N–H and O–H groups in total. The summed E-state index contributed by atoms with van der Waals surface area (Å²) >= 11 is 0. The van der Waals surface area contributed by atoms with Gasteiger partial charge in [-0.15, -0.1) is 0 Å². The molecule has 0 fully saturated rings. The van der Waals surface area contributed by atoms with E-state index in [0.29, 0.717) is 29.3 Å². The van der Waals surface area contributed by atoms with E-state index in [-0.39, 0.29) is 17.2 Å². The number of methoxy groups -OCH3 is 1. The second kappa shape index (κ2) is 12.6. The predicted molar refractivity (Wildman–Crippen MR) is 139 cm³/mol. The topological polar surface area (TPSA) is 185 Å². The minimum absolute atomic E-state index is 0.0878. The van der Waals surface area contributed by atoms with Crippen LogP contribution in [0.5, 0.6) is 23.0 Å². The number of carbonyl (C=O) groups is 2. The van der Waals surface area contributed by atoms with Crippen molar-refractivity contribution in [1.29, 1.82) is 0 Å². The zero-order valence-corrected chi connectivity index (χ0v) is 21.0. The Labute approximate surface area is 221 Å². The average Bonchev–Trinajstić information content (AvgIpc) is 2.92. The molecule has 0 atom stereocenters. The molecule has 14 nitrogen and oxygen atoms in total. The summed E-state index contributed by atoms with van der Waals surface area (Å²) in [5, 5.41) is 28.7. The number of hydrogen-bond acceptors (Lipinski definition) is 10. The Kier molecular flexibility index (Phi) is 9.08. The van der Waals surface area contributed by atoms with Crippen molar-refractivity contribution < 1.29 is 33.6 Å². The summed E-state index contributed by atoms with van der Waals surface area (Å²) in [6, 6.07) is 14.0. The highest BCUT2D eigenvalue weighted by atomic mass is 16.6. The molecule has 0 heterocycles. The van der Waals surface area contributed by atoms with Gasteiger partial charge in [-0.3, -0.25) is 29.8 Å². The first-order valence-electron chi connectivity index (χ1n) is 11.3. The molecule has 3 aromatic carbocycles. The largest absolute Gasteiger partial charge is 0.494 e. The van der Waals surface area contributed by atoms with Crippen LogP contribution in [0.4, 0.5) is 17.1 Å². The highest BCUT2D eigenvalue weighted by Crippen LogP contribution is 2.38. The van der Waals surface area contributed by atoms with E-state index in [1.54, 1.807) is 37.3 Å². The van der Waals surface area contributed by atoms with Crippen molar-refractivity contribution in [3.05, 3.63) is 86.5 Å². The maximum atomic E-state index is 12.2. The van der Waals surface area contributed by atoms with Crippen molar-refractivity contribution in [2.45, 2.75) is 13.8 Å². The predicted octanol–water partition coefficient (Wildman–Crippen LogP) is 4.18. The molecule has 3 rings (SSSR count). The summed E-state index contributed by atoms with van der Waals surface area (Å²) in [5.41, 5.74) is 2.29. The molecule has 0 saturated carbocycles. The average molecular weight is 537 g/mol. The normalized spacial score (nSPS) is 10.8. The van der Waals surface area contributed by atoms with Gasteiger partial charge in [0.1, 0.15) is 5.75 Å². The molecule has 202 valence electrons. The fourth-order valence-corrected chi connectivity index (χ4v) is 3.18. The maximum absolute atomic E-state index is 12.2. The lowest BCUT2D eigenvalue weighted by molar-refractivity contribution is -0.394. The van der Waals surface area contributed by atoms with Gasteiger partial charge in [0.15, 0.2) is 11.5 Å². The van der Waals surface area contributed by atoms with Gasteiger partial charge < -0.3 is 19.5 Å². The van der Waals surface area contributed by atoms with Crippen molar-refractivity contribution >= 4 is 34.6 Å². The molecule has 39 heavy (non-hydrogen) atoms. The number of nitro benzene ring substituents is 2. The summed E-state index contributed by atoms with van der Waals surface area (Å²) < 4.78 is 16.2. The first-order chi connectivity index (χ1) is 18.6. The minimum atomic E-state index is -0.999. The van der Waals surface area contributed by atoms with Gasteiger partial charge in [-0.25, -0.2) is 5.43 Å². The molecule has 0 aliphatic rings. The van der Waals surface area contributed by atoms with Crippen LogP contribution in [-0.2, 0) is 9.59 Å². The van der Waals surface area contributed by atoms with Crippen LogP contribution in [0.2, 0.25) is 0 Å². The van der Waals surface area contributed by atoms with E-state index in [9.17, 15) is 29.8 Å². The van der Waals surface area contributed by atoms with Crippen molar-refractivity contribution in [2.75, 3.05) is 19.0 Å². The lowest BCUT2D eigenvalue weighted by atomic mass is 10.1. The fraction of sp³-hybridized carbons (Fsp3) is 0.160. The van der Waals surface area contributed by atoms with Crippen LogP contribution in [0.25, 0.3) is 0 Å². The fourth-order valence-electron chi connectivity index (χ4n) is 3.18. The first kappa shape index (κ1) is 28.0. The summed E-state index contributed by atoms with van der Waals surface area (Å²) in [6.07, 6.45) is 0. The molecular formula is C25H23N5O9. The SMILES string of the molecule is CCOc1ccc(NC(=O)C(=O)N/N=C(\C)c2ccc(Oc3ccc([N+](=O)[O-])cc3[N+](=O)[O-])c(OC)c2)cc1. The van der Waals surface area contributed by atoms with Gasteiger partial charge in [0, 0.05) is 17.3 Å². The maximum Gasteiger partial charge on any atom is 0.329 e. The van der Waals surface area contributed by atoms with Crippen molar-refractivity contribution in [2.24, 2.45) is 5.10 Å². The molecular weight excluding hydrogens is 514 g/mol. The number of nitro groups is 2. The third kappa shape index (κ3) is 7.25. The Hall–Kier alpha value is -5.53. The third-order valence-corrected chi connectivity index (χ3v) is 5.11. The molecule has 0 radical (unpaired) electrons. The summed E-state index contributed by atoms with van der Waals surface area (Å²) in [4.78, 5) is 45.2. The van der Waals surface area contributed by atoms with Crippen molar-refractivity contribution in [1.82, 2.24) is 5.43 Å². The third-order valence-electron chi connectivity index (χ3n) is 5.11. The van der Waals surface area contributed by atoms with Gasteiger partial charge >= 0.3 is 17.5 Å². The number of amides is 2. The molecule has 0 spiro atoms. The van der Waals surface area contributed by atoms with Crippen molar-refractivity contribution in [3.8, 4) is 23.0 Å². The van der Waals surface area contributed by atoms with E-state index in [4.69, 9.17) is 14.2 Å². The number of nitrogens with one attached hydrogen (secondary N) is 2. The van der Waals surface area contributed by atoms with Crippen LogP contribution < -0.4 is 25.0 Å². The first-order valence-corrected chi connectivity index (χ1v) is 11.3. The van der Waals surface area contributed by atoms with E-state index >= 15 is 0 Å². The number of carbonyl (C=O) groups excluding carboxylic acids is 2. The Morgan fingerprint density at radius 1 is 0.897 bits per heavy atom. The molecule has 0 saturated heterocycles. The lowest BCUT2D eigenvalue weighted by Crippen LogP contribution is -2.32. The van der Waals surface area contributed by atoms with Gasteiger partial charge in [0.25, 0.3) is 5.69 Å². The Bertz CT molecular complexity index is 1440. The van der Waals surface area contributed by atoms with Crippen LogP contribution >= 0.6 is 0 Å². The van der Waals surface area contributed by atoms with E-state index in [1.165, 1.54) is 19.2 Å². The number of hydrazone groups is 1. The standard InChI is InChI=1S/C25H23N5O9/c1-4-38-19-9-6-17(7-10-19)26-24(31)25(32)28-27-15(2)16-5-11-22(23(13-16)37-3)39-21-12-8-18(29(33)34)14-20(21)30(35)36/h5-14H,4H2,1-3H3,(H,26,31)(H,28,32)/b27-15+. The van der Waals surface area contributed by atoms with Crippen LogP contribution in [0.1, 0.15) is 19.4 Å². The van der Waals surface area contributed by atoms with Crippen LogP contribution in [0, 0.1) is 20.2 Å². The van der Waals surface area contributed by atoms with Gasteiger partial charge in [-0.2, -0.15) is 5.10 Å². The van der Waals surface area contributed by atoms with E-state index < -0.39 is 33.0 Å². The summed E-state index contributed by atoms with van der Waals surface area (Å²) in [5.74, 6) is -1.28. The van der Waals surface area contributed by atoms with Gasteiger partial charge in [-0.1, -0.05) is 0 Å². The Balaban J connectivity index is 1.71. The quantitative estimate of drug-likeness (QED) is 0.166. The number of rotatable bonds is 10. The molecule has 0 aliphatic carbocycles. The minimum Gasteiger partial charge on any atom is -0.494 e. The smallest absolute Gasteiger partial charge is 0.329 e. The second-order valence-electron chi connectivity index (χ2n) is 7.68. The molecule has 0 unspecified atom stereocenters. The highest BCUT2D eigenvalue weighted by Gasteiger charge is 2.22. The van der Waals surface area contributed by atoms with E-state index in [2.05, 4.69) is 15.8 Å². The van der Waals surface area contributed by atoms with E-state index in [0.717, 1.165) is 18.2 Å². The van der Waals surface area contributed by atoms with Gasteiger partial charge in [-0.05, 0) is 62.4 Å². The zero-order chi connectivity index (χ0) is 28.5. The number of non-ortho nitro benzene ring substituents is 1. The monoisotopic (exact) mass is 537 g/mol. The number of nitrogens with zero attached hydrogens (tertiary/aromatic N) is 3. The molecule has 0 bridgehead atoms. The van der Waals surface area contributed by atoms with Gasteiger partial charge in [0.05, 0.1) is 35.3 Å². The number of hydrogen-bond donors (Lipinski definition) is 2. The lowest BCUT2D eigenvalue weighted by Gasteiger charge is -2.12. The molecule has 14 heteroatoms. The zero-order valence-electron chi connectivity index (χ0n) is 21.0. The highest BCUT2D eigenvalue weighted by molar-refractivity contribution is 6.39. The molecule has 3 aromatic rings. The number of anilines is 1. The van der Waals surface area contributed by atoms with Crippen molar-refractivity contribution in [3.63, 3.8) is 0 Å².